The van der Waals surface area contributed by atoms with E-state index in [9.17, 15) is 9.90 Å². The first kappa shape index (κ1) is 21.4. The lowest BCUT2D eigenvalue weighted by molar-refractivity contribution is 0.436. The number of aromatic nitrogens is 1. The van der Waals surface area contributed by atoms with Gasteiger partial charge in [0.25, 0.3) is 5.56 Å². The number of nitrogens with one attached hydrogen (secondary N) is 1. The Morgan fingerprint density at radius 1 is 0.844 bits per heavy atom. The Morgan fingerprint density at radius 3 is 2.12 bits per heavy atom. The van der Waals surface area contributed by atoms with Gasteiger partial charge < -0.3 is 5.11 Å². The van der Waals surface area contributed by atoms with Crippen molar-refractivity contribution >= 4 is 22.7 Å². The van der Waals surface area contributed by atoms with Crippen molar-refractivity contribution in [2.75, 3.05) is 5.43 Å². The van der Waals surface area contributed by atoms with Gasteiger partial charge in [-0.25, -0.2) is 4.57 Å². The van der Waals surface area contributed by atoms with E-state index in [-0.39, 0.29) is 11.4 Å². The van der Waals surface area contributed by atoms with Crippen LogP contribution in [0.5, 0.6) is 5.88 Å². The predicted molar refractivity (Wildman–Crippen MR) is 133 cm³/mol. The molecule has 0 bridgehead atoms. The SMILES string of the molecule is Cc1ccc(-n2c(O)c(/C=N\Nc3c(C)cc(C)cc3C)c3ccccc3c2=O)c(C)c1. The van der Waals surface area contributed by atoms with Crippen LogP contribution in [0.15, 0.2) is 64.5 Å². The molecule has 4 aromatic rings. The van der Waals surface area contributed by atoms with Gasteiger partial charge in [0.2, 0.25) is 5.88 Å². The average molecular weight is 426 g/mol. The summed E-state index contributed by atoms with van der Waals surface area (Å²) in [5, 5.41) is 16.8. The molecule has 0 aliphatic rings. The topological polar surface area (TPSA) is 66.6 Å². The highest BCUT2D eigenvalue weighted by molar-refractivity contribution is 6.02. The number of hydrogen-bond acceptors (Lipinski definition) is 4. The minimum absolute atomic E-state index is 0.136. The third-order valence-corrected chi connectivity index (χ3v) is 5.74. The molecule has 0 fully saturated rings. The number of aromatic hydroxyl groups is 1. The molecule has 1 aromatic heterocycles. The van der Waals surface area contributed by atoms with E-state index in [0.29, 0.717) is 22.0 Å². The van der Waals surface area contributed by atoms with Gasteiger partial charge in [0, 0.05) is 10.8 Å². The van der Waals surface area contributed by atoms with E-state index in [1.807, 2.05) is 64.1 Å². The molecule has 32 heavy (non-hydrogen) atoms. The third kappa shape index (κ3) is 3.78. The number of nitrogens with zero attached hydrogens (tertiary/aromatic N) is 2. The molecule has 4 rings (SSSR count). The number of pyridine rings is 1. The van der Waals surface area contributed by atoms with E-state index >= 15 is 0 Å². The summed E-state index contributed by atoms with van der Waals surface area (Å²) in [6, 6.07) is 17.3. The van der Waals surface area contributed by atoms with E-state index in [1.165, 1.54) is 10.1 Å². The molecule has 162 valence electrons. The number of hydrazone groups is 1. The first-order valence-electron chi connectivity index (χ1n) is 10.6. The molecule has 0 spiro atoms. The smallest absolute Gasteiger partial charge is 0.265 e. The Kier molecular flexibility index (Phi) is 5.57. The molecule has 2 N–H and O–H groups in total. The zero-order valence-corrected chi connectivity index (χ0v) is 19.0. The van der Waals surface area contributed by atoms with Crippen molar-refractivity contribution < 1.29 is 5.11 Å². The van der Waals surface area contributed by atoms with Gasteiger partial charge in [-0.1, -0.05) is 53.6 Å². The molecule has 1 heterocycles. The highest BCUT2D eigenvalue weighted by Crippen LogP contribution is 2.28. The molecule has 0 unspecified atom stereocenters. The Bertz CT molecular complexity index is 1410. The maximum Gasteiger partial charge on any atom is 0.265 e. The molecule has 3 aromatic carbocycles. The van der Waals surface area contributed by atoms with Gasteiger partial charge in [-0.3, -0.25) is 10.2 Å². The molecule has 0 amide bonds. The Hall–Kier alpha value is -3.86. The summed E-state index contributed by atoms with van der Waals surface area (Å²) in [4.78, 5) is 13.3. The van der Waals surface area contributed by atoms with E-state index < -0.39 is 0 Å². The van der Waals surface area contributed by atoms with Gasteiger partial charge >= 0.3 is 0 Å². The fourth-order valence-corrected chi connectivity index (χ4v) is 4.29. The number of fused-ring (bicyclic) bond motifs is 1. The number of benzene rings is 3. The second-order valence-electron chi connectivity index (χ2n) is 8.36. The van der Waals surface area contributed by atoms with Gasteiger partial charge in [-0.2, -0.15) is 5.10 Å². The summed E-state index contributed by atoms with van der Waals surface area (Å²) >= 11 is 0. The van der Waals surface area contributed by atoms with Crippen LogP contribution < -0.4 is 11.0 Å². The molecule has 0 radical (unpaired) electrons. The minimum Gasteiger partial charge on any atom is -0.494 e. The highest BCUT2D eigenvalue weighted by Gasteiger charge is 2.17. The van der Waals surface area contributed by atoms with Crippen molar-refractivity contribution in [3.63, 3.8) is 0 Å². The zero-order valence-electron chi connectivity index (χ0n) is 19.0. The van der Waals surface area contributed by atoms with Crippen LogP contribution in [0.2, 0.25) is 0 Å². The predicted octanol–water partition coefficient (Wildman–Crippen LogP) is 5.68. The quantitative estimate of drug-likeness (QED) is 0.326. The second-order valence-corrected chi connectivity index (χ2v) is 8.36. The second kappa shape index (κ2) is 8.35. The van der Waals surface area contributed by atoms with Crippen molar-refractivity contribution in [1.29, 1.82) is 0 Å². The summed E-state index contributed by atoms with van der Waals surface area (Å²) in [5.41, 5.74) is 10.3. The van der Waals surface area contributed by atoms with Crippen LogP contribution in [0.3, 0.4) is 0 Å². The maximum atomic E-state index is 13.3. The van der Waals surface area contributed by atoms with E-state index in [4.69, 9.17) is 0 Å². The molecule has 0 aliphatic heterocycles. The van der Waals surface area contributed by atoms with Crippen molar-refractivity contribution in [1.82, 2.24) is 4.57 Å². The van der Waals surface area contributed by atoms with Crippen LogP contribution >= 0.6 is 0 Å². The van der Waals surface area contributed by atoms with Crippen molar-refractivity contribution in [2.24, 2.45) is 5.10 Å². The summed E-state index contributed by atoms with van der Waals surface area (Å²) in [5.74, 6) is -0.136. The van der Waals surface area contributed by atoms with Crippen molar-refractivity contribution in [3.8, 4) is 11.6 Å². The molecular weight excluding hydrogens is 398 g/mol. The normalized spacial score (nSPS) is 11.4. The minimum atomic E-state index is -0.264. The van der Waals surface area contributed by atoms with Crippen LogP contribution in [0.25, 0.3) is 16.5 Å². The average Bonchev–Trinajstić information content (AvgIpc) is 2.73. The molecule has 5 nitrogen and oxygen atoms in total. The molecule has 0 saturated carbocycles. The van der Waals surface area contributed by atoms with Gasteiger partial charge in [-0.15, -0.1) is 0 Å². The first-order chi connectivity index (χ1) is 15.3. The largest absolute Gasteiger partial charge is 0.494 e. The molecule has 5 heteroatoms. The molecular formula is C27H27N3O2. The van der Waals surface area contributed by atoms with Crippen molar-refractivity contribution in [2.45, 2.75) is 34.6 Å². The number of aryl methyl sites for hydroxylation is 5. The monoisotopic (exact) mass is 425 g/mol. The summed E-state index contributed by atoms with van der Waals surface area (Å²) < 4.78 is 1.36. The van der Waals surface area contributed by atoms with Crippen LogP contribution in [0.1, 0.15) is 33.4 Å². The highest BCUT2D eigenvalue weighted by atomic mass is 16.3. The third-order valence-electron chi connectivity index (χ3n) is 5.74. The lowest BCUT2D eigenvalue weighted by atomic mass is 10.1. The maximum absolute atomic E-state index is 13.3. The van der Waals surface area contributed by atoms with Crippen molar-refractivity contribution in [3.05, 3.63) is 98.3 Å². The van der Waals surface area contributed by atoms with E-state index in [0.717, 1.165) is 27.9 Å². The van der Waals surface area contributed by atoms with Crippen LogP contribution in [0, 0.1) is 34.6 Å². The Balaban J connectivity index is 1.88. The summed E-state index contributed by atoms with van der Waals surface area (Å²) in [6.07, 6.45) is 1.58. The zero-order chi connectivity index (χ0) is 23.0. The number of hydrogen-bond donors (Lipinski definition) is 2. The van der Waals surface area contributed by atoms with Gasteiger partial charge in [-0.05, 0) is 63.4 Å². The van der Waals surface area contributed by atoms with Crippen LogP contribution in [-0.4, -0.2) is 15.9 Å². The lowest BCUT2D eigenvalue weighted by Crippen LogP contribution is -2.21. The van der Waals surface area contributed by atoms with Gasteiger partial charge in [0.15, 0.2) is 0 Å². The van der Waals surface area contributed by atoms with E-state index in [1.54, 1.807) is 12.3 Å². The molecule has 0 atom stereocenters. The fourth-order valence-electron chi connectivity index (χ4n) is 4.29. The van der Waals surface area contributed by atoms with Gasteiger partial charge in [0.05, 0.1) is 23.2 Å². The van der Waals surface area contributed by atoms with Crippen LogP contribution in [-0.2, 0) is 0 Å². The molecule has 0 saturated heterocycles. The summed E-state index contributed by atoms with van der Waals surface area (Å²) in [7, 11) is 0. The first-order valence-corrected chi connectivity index (χ1v) is 10.6. The fraction of sp³-hybridized carbons (Fsp3) is 0.185. The Morgan fingerprint density at radius 2 is 1.47 bits per heavy atom. The van der Waals surface area contributed by atoms with Crippen LogP contribution in [0.4, 0.5) is 5.69 Å². The summed E-state index contributed by atoms with van der Waals surface area (Å²) in [6.45, 7) is 10.1. The Labute approximate surface area is 187 Å². The standard InChI is InChI=1S/C27H27N3O2/c1-16-10-11-24(18(3)12-16)30-26(31)22-9-7-6-8-21(22)23(27(30)32)15-28-29-25-19(4)13-17(2)14-20(25)5/h6-15,29,32H,1-5H3/b28-15-. The van der Waals surface area contributed by atoms with Gasteiger partial charge in [0.1, 0.15) is 0 Å². The number of rotatable bonds is 4. The number of anilines is 1. The molecule has 0 aliphatic carbocycles. The lowest BCUT2D eigenvalue weighted by Gasteiger charge is -2.16. The van der Waals surface area contributed by atoms with E-state index in [2.05, 4.69) is 29.6 Å².